The van der Waals surface area contributed by atoms with E-state index in [1.54, 1.807) is 0 Å². The first kappa shape index (κ1) is 15.3. The molecule has 0 heterocycles. The number of anilines is 1. The van der Waals surface area contributed by atoms with Crippen molar-refractivity contribution >= 4 is 11.3 Å². The van der Waals surface area contributed by atoms with Gasteiger partial charge in [0.05, 0.1) is 18.9 Å². The van der Waals surface area contributed by atoms with Crippen LogP contribution in [0.15, 0.2) is 61.2 Å². The highest BCUT2D eigenvalue weighted by Gasteiger charge is 2.08. The van der Waals surface area contributed by atoms with E-state index in [-0.39, 0.29) is 0 Å². The summed E-state index contributed by atoms with van der Waals surface area (Å²) in [6, 6.07) is 18.1. The lowest BCUT2D eigenvalue weighted by Crippen LogP contribution is -2.23. The third-order valence-corrected chi connectivity index (χ3v) is 3.04. The molecule has 0 amide bonds. The highest BCUT2D eigenvalue weighted by atomic mass is 16.9. The monoisotopic (exact) mass is 283 g/mol. The first-order chi connectivity index (χ1) is 10.3. The fourth-order valence-electron chi connectivity index (χ4n) is 2.01. The number of hydrogen-bond acceptors (Lipinski definition) is 3. The van der Waals surface area contributed by atoms with E-state index in [0.717, 1.165) is 22.4 Å². The van der Waals surface area contributed by atoms with Crippen LogP contribution in [0.25, 0.3) is 5.57 Å². The van der Waals surface area contributed by atoms with Crippen LogP contribution in [-0.4, -0.2) is 13.2 Å². The van der Waals surface area contributed by atoms with Crippen LogP contribution < -0.4 is 5.23 Å². The van der Waals surface area contributed by atoms with Gasteiger partial charge in [-0.25, -0.2) is 9.68 Å². The molecule has 3 nitrogen and oxygen atoms in total. The quantitative estimate of drug-likeness (QED) is 0.700. The Labute approximate surface area is 126 Å². The molecule has 0 radical (unpaired) electrons. The normalized spacial score (nSPS) is 10.4. The predicted octanol–water partition coefficient (Wildman–Crippen LogP) is 4.46. The highest BCUT2D eigenvalue weighted by Crippen LogP contribution is 2.24. The summed E-state index contributed by atoms with van der Waals surface area (Å²) in [5.74, 6) is 0. The Hall–Kier alpha value is -2.10. The first-order valence-corrected chi connectivity index (χ1v) is 7.17. The van der Waals surface area contributed by atoms with E-state index in [4.69, 9.17) is 9.68 Å². The molecule has 3 heteroatoms. The summed E-state index contributed by atoms with van der Waals surface area (Å²) in [6.45, 7) is 9.13. The van der Waals surface area contributed by atoms with Gasteiger partial charge in [0.1, 0.15) is 0 Å². The van der Waals surface area contributed by atoms with Crippen molar-refractivity contribution in [1.29, 1.82) is 0 Å². The van der Waals surface area contributed by atoms with Crippen LogP contribution in [0.2, 0.25) is 0 Å². The van der Waals surface area contributed by atoms with Gasteiger partial charge in [-0.05, 0) is 42.7 Å². The SMILES string of the molecule is C=C(c1ccccc1)c1ccc(N(OCC)OCC)cc1. The molecule has 2 rings (SSSR count). The maximum atomic E-state index is 5.44. The summed E-state index contributed by atoms with van der Waals surface area (Å²) in [7, 11) is 0. The van der Waals surface area contributed by atoms with Crippen LogP contribution in [0.3, 0.4) is 0 Å². The zero-order valence-electron chi connectivity index (χ0n) is 12.6. The third-order valence-electron chi connectivity index (χ3n) is 3.04. The molecule has 0 aliphatic rings. The standard InChI is InChI=1S/C18H21NO2/c1-4-20-19(21-5-2)18-13-11-17(12-14-18)15(3)16-9-7-6-8-10-16/h6-14H,3-5H2,1-2H3. The molecule has 0 fully saturated rings. The summed E-state index contributed by atoms with van der Waals surface area (Å²) in [4.78, 5) is 10.9. The topological polar surface area (TPSA) is 21.7 Å². The molecule has 0 unspecified atom stereocenters. The maximum Gasteiger partial charge on any atom is 0.0947 e. The summed E-state index contributed by atoms with van der Waals surface area (Å²) in [6.07, 6.45) is 0. The predicted molar refractivity (Wildman–Crippen MR) is 86.8 cm³/mol. The van der Waals surface area contributed by atoms with E-state index in [1.165, 1.54) is 5.23 Å². The van der Waals surface area contributed by atoms with Crippen LogP contribution in [0, 0.1) is 0 Å². The molecule has 0 aliphatic carbocycles. The number of hydrogen-bond donors (Lipinski definition) is 0. The van der Waals surface area contributed by atoms with Crippen LogP contribution in [0.5, 0.6) is 0 Å². The van der Waals surface area contributed by atoms with Crippen molar-refractivity contribution in [1.82, 2.24) is 0 Å². The molecular weight excluding hydrogens is 262 g/mol. The second-order valence-corrected chi connectivity index (χ2v) is 4.48. The van der Waals surface area contributed by atoms with Crippen molar-refractivity contribution < 1.29 is 9.68 Å². The zero-order chi connectivity index (χ0) is 15.1. The second-order valence-electron chi connectivity index (χ2n) is 4.48. The van der Waals surface area contributed by atoms with Crippen LogP contribution in [0.4, 0.5) is 5.69 Å². The van der Waals surface area contributed by atoms with Crippen LogP contribution in [0.1, 0.15) is 25.0 Å². The Morgan fingerprint density at radius 1 is 0.857 bits per heavy atom. The molecule has 2 aromatic rings. The average Bonchev–Trinajstić information content (AvgIpc) is 2.55. The number of nitrogens with zero attached hydrogens (tertiary/aromatic N) is 1. The van der Waals surface area contributed by atoms with E-state index in [1.807, 2.05) is 56.3 Å². The molecule has 0 spiro atoms. The molecule has 0 aliphatic heterocycles. The van der Waals surface area contributed by atoms with Crippen molar-refractivity contribution in [3.63, 3.8) is 0 Å². The van der Waals surface area contributed by atoms with Gasteiger partial charge in [0.15, 0.2) is 0 Å². The number of rotatable bonds is 7. The average molecular weight is 283 g/mol. The van der Waals surface area contributed by atoms with E-state index >= 15 is 0 Å². The summed E-state index contributed by atoms with van der Waals surface area (Å²) >= 11 is 0. The molecule has 0 saturated heterocycles. The minimum absolute atomic E-state index is 0.554. The van der Waals surface area contributed by atoms with Gasteiger partial charge in [-0.2, -0.15) is 0 Å². The minimum Gasteiger partial charge on any atom is -0.249 e. The lowest BCUT2D eigenvalue weighted by atomic mass is 10.00. The van der Waals surface area contributed by atoms with Crippen molar-refractivity contribution in [2.24, 2.45) is 0 Å². The lowest BCUT2D eigenvalue weighted by Gasteiger charge is -2.21. The van der Waals surface area contributed by atoms with Gasteiger partial charge in [-0.3, -0.25) is 0 Å². The highest BCUT2D eigenvalue weighted by molar-refractivity contribution is 5.78. The van der Waals surface area contributed by atoms with Crippen LogP contribution in [-0.2, 0) is 9.68 Å². The molecule has 21 heavy (non-hydrogen) atoms. The first-order valence-electron chi connectivity index (χ1n) is 7.17. The molecule has 2 aromatic carbocycles. The molecule has 0 N–H and O–H groups in total. The van der Waals surface area contributed by atoms with Gasteiger partial charge >= 0.3 is 0 Å². The van der Waals surface area contributed by atoms with Gasteiger partial charge in [0, 0.05) is 0 Å². The smallest absolute Gasteiger partial charge is 0.0947 e. The maximum absolute atomic E-state index is 5.44. The molecule has 0 bridgehead atoms. The summed E-state index contributed by atoms with van der Waals surface area (Å²) in [5, 5.41) is 1.45. The second kappa shape index (κ2) is 7.62. The van der Waals surface area contributed by atoms with Gasteiger partial charge in [0.25, 0.3) is 0 Å². The molecular formula is C18H21NO2. The summed E-state index contributed by atoms with van der Waals surface area (Å²) < 4.78 is 0. The Morgan fingerprint density at radius 2 is 1.38 bits per heavy atom. The van der Waals surface area contributed by atoms with Gasteiger partial charge in [-0.15, -0.1) is 5.23 Å². The Bertz CT molecular complexity index is 558. The van der Waals surface area contributed by atoms with E-state index < -0.39 is 0 Å². The Morgan fingerprint density at radius 3 is 1.90 bits per heavy atom. The van der Waals surface area contributed by atoms with Crippen molar-refractivity contribution in [3.8, 4) is 0 Å². The molecule has 0 saturated carbocycles. The lowest BCUT2D eigenvalue weighted by molar-refractivity contribution is -0.0817. The van der Waals surface area contributed by atoms with Gasteiger partial charge < -0.3 is 0 Å². The molecule has 110 valence electrons. The molecule has 0 aromatic heterocycles. The van der Waals surface area contributed by atoms with E-state index in [2.05, 4.69) is 18.7 Å². The fourth-order valence-corrected chi connectivity index (χ4v) is 2.01. The minimum atomic E-state index is 0.554. The van der Waals surface area contributed by atoms with Crippen molar-refractivity contribution in [2.45, 2.75) is 13.8 Å². The van der Waals surface area contributed by atoms with Crippen LogP contribution >= 0.6 is 0 Å². The number of benzene rings is 2. The van der Waals surface area contributed by atoms with Crippen molar-refractivity contribution in [2.75, 3.05) is 18.4 Å². The van der Waals surface area contributed by atoms with Gasteiger partial charge in [-0.1, -0.05) is 49.0 Å². The Balaban J connectivity index is 2.16. The van der Waals surface area contributed by atoms with Crippen molar-refractivity contribution in [3.05, 3.63) is 72.3 Å². The fraction of sp³-hybridized carbons (Fsp3) is 0.222. The van der Waals surface area contributed by atoms with E-state index in [9.17, 15) is 0 Å². The third kappa shape index (κ3) is 3.94. The zero-order valence-corrected chi connectivity index (χ0v) is 12.6. The van der Waals surface area contributed by atoms with E-state index in [0.29, 0.717) is 13.2 Å². The summed E-state index contributed by atoms with van der Waals surface area (Å²) in [5.41, 5.74) is 4.07. The Kier molecular flexibility index (Phi) is 5.55. The molecule has 0 atom stereocenters. The van der Waals surface area contributed by atoms with Gasteiger partial charge in [0.2, 0.25) is 0 Å². The largest absolute Gasteiger partial charge is 0.249 e.